The van der Waals surface area contributed by atoms with Crippen LogP contribution in [0.5, 0.6) is 0 Å². The van der Waals surface area contributed by atoms with Crippen molar-refractivity contribution in [2.24, 2.45) is 11.5 Å². The fourth-order valence-corrected chi connectivity index (χ4v) is 3.49. The lowest BCUT2D eigenvalue weighted by Crippen LogP contribution is -2.37. The second-order valence-electron chi connectivity index (χ2n) is 7.81. The van der Waals surface area contributed by atoms with Crippen LogP contribution in [0, 0.1) is 0 Å². The van der Waals surface area contributed by atoms with Gasteiger partial charge in [0, 0.05) is 61.3 Å². The summed E-state index contributed by atoms with van der Waals surface area (Å²) in [5.74, 6) is 0.823. The highest BCUT2D eigenvalue weighted by atomic mass is 16.5. The average Bonchev–Trinajstić information content (AvgIpc) is 2.77. The number of aliphatic hydroxyl groups excluding tert-OH is 1. The molecular formula is C22H34N6O2. The van der Waals surface area contributed by atoms with Crippen molar-refractivity contribution in [3.63, 3.8) is 0 Å². The molecule has 1 unspecified atom stereocenters. The molecule has 1 aromatic carbocycles. The number of hydrogen-bond donors (Lipinski definition) is 5. The Kier molecular flexibility index (Phi) is 7.87. The van der Waals surface area contributed by atoms with Crippen molar-refractivity contribution in [3.05, 3.63) is 35.9 Å². The molecule has 8 nitrogen and oxygen atoms in total. The van der Waals surface area contributed by atoms with Gasteiger partial charge >= 0.3 is 0 Å². The van der Waals surface area contributed by atoms with Gasteiger partial charge in [-0.05, 0) is 32.0 Å². The largest absolute Gasteiger partial charge is 0.390 e. The number of nitrogens with one attached hydrogen (secondary N) is 2. The quantitative estimate of drug-likeness (QED) is 0.419. The molecule has 1 atom stereocenters. The topological polar surface area (TPSA) is 122 Å². The summed E-state index contributed by atoms with van der Waals surface area (Å²) in [7, 11) is 0. The van der Waals surface area contributed by atoms with E-state index in [0.29, 0.717) is 26.3 Å². The number of anilines is 3. The predicted molar refractivity (Wildman–Crippen MR) is 123 cm³/mol. The van der Waals surface area contributed by atoms with E-state index in [9.17, 15) is 5.11 Å². The minimum Gasteiger partial charge on any atom is -0.390 e. The molecule has 0 aliphatic carbocycles. The van der Waals surface area contributed by atoms with Gasteiger partial charge in [-0.25, -0.2) is 4.98 Å². The Hall–Kier alpha value is -2.39. The molecule has 1 saturated heterocycles. The first-order valence-electron chi connectivity index (χ1n) is 10.6. The maximum Gasteiger partial charge on any atom is 0.133 e. The Morgan fingerprint density at radius 1 is 1.20 bits per heavy atom. The van der Waals surface area contributed by atoms with Crippen molar-refractivity contribution in [1.29, 1.82) is 0 Å². The highest BCUT2D eigenvalue weighted by molar-refractivity contribution is 5.75. The SMILES string of the molecule is CC(C)Nc1nc(-c2cccc(NCC(O)CN)c2)cc(N2CCOCC2)c1CN. The van der Waals surface area contributed by atoms with Crippen molar-refractivity contribution in [1.82, 2.24) is 4.98 Å². The molecule has 8 heteroatoms. The van der Waals surface area contributed by atoms with Crippen molar-refractivity contribution < 1.29 is 9.84 Å². The van der Waals surface area contributed by atoms with Crippen LogP contribution in [-0.2, 0) is 11.3 Å². The Labute approximate surface area is 178 Å². The van der Waals surface area contributed by atoms with E-state index >= 15 is 0 Å². The number of hydrogen-bond acceptors (Lipinski definition) is 8. The number of nitrogens with two attached hydrogens (primary N) is 2. The molecule has 1 aromatic heterocycles. The van der Waals surface area contributed by atoms with Crippen LogP contribution >= 0.6 is 0 Å². The maximum atomic E-state index is 9.73. The van der Waals surface area contributed by atoms with E-state index in [2.05, 4.69) is 35.4 Å². The van der Waals surface area contributed by atoms with Gasteiger partial charge in [-0.3, -0.25) is 0 Å². The van der Waals surface area contributed by atoms with Crippen LogP contribution in [0.2, 0.25) is 0 Å². The first kappa shape index (κ1) is 22.3. The molecule has 1 aliphatic rings. The first-order valence-corrected chi connectivity index (χ1v) is 10.6. The average molecular weight is 415 g/mol. The fourth-order valence-electron chi connectivity index (χ4n) is 3.49. The molecule has 0 spiro atoms. The third-order valence-corrected chi connectivity index (χ3v) is 5.05. The van der Waals surface area contributed by atoms with E-state index in [1.54, 1.807) is 0 Å². The van der Waals surface area contributed by atoms with Crippen LogP contribution in [0.15, 0.2) is 30.3 Å². The van der Waals surface area contributed by atoms with Gasteiger partial charge in [-0.1, -0.05) is 12.1 Å². The summed E-state index contributed by atoms with van der Waals surface area (Å²) in [6.45, 7) is 8.29. The minimum absolute atomic E-state index is 0.224. The van der Waals surface area contributed by atoms with Crippen LogP contribution in [0.25, 0.3) is 11.3 Å². The lowest BCUT2D eigenvalue weighted by Gasteiger charge is -2.32. The number of pyridine rings is 1. The lowest BCUT2D eigenvalue weighted by molar-refractivity contribution is 0.122. The van der Waals surface area contributed by atoms with Crippen LogP contribution in [-0.4, -0.2) is 61.6 Å². The molecule has 3 rings (SSSR count). The van der Waals surface area contributed by atoms with Gasteiger partial charge in [0.25, 0.3) is 0 Å². The number of benzene rings is 1. The van der Waals surface area contributed by atoms with Gasteiger partial charge in [0.05, 0.1) is 25.0 Å². The molecule has 0 bridgehead atoms. The zero-order valence-corrected chi connectivity index (χ0v) is 17.9. The Balaban J connectivity index is 1.99. The molecule has 1 fully saturated rings. The second kappa shape index (κ2) is 10.6. The van der Waals surface area contributed by atoms with Gasteiger partial charge in [-0.15, -0.1) is 0 Å². The number of rotatable bonds is 9. The van der Waals surface area contributed by atoms with Crippen molar-refractivity contribution in [3.8, 4) is 11.3 Å². The second-order valence-corrected chi connectivity index (χ2v) is 7.81. The van der Waals surface area contributed by atoms with Gasteiger partial charge in [-0.2, -0.15) is 0 Å². The van der Waals surface area contributed by atoms with Gasteiger partial charge in [0.15, 0.2) is 0 Å². The highest BCUT2D eigenvalue weighted by Gasteiger charge is 2.20. The smallest absolute Gasteiger partial charge is 0.133 e. The first-order chi connectivity index (χ1) is 14.5. The van der Waals surface area contributed by atoms with Crippen molar-refractivity contribution in [2.45, 2.75) is 32.5 Å². The summed E-state index contributed by atoms with van der Waals surface area (Å²) < 4.78 is 5.53. The van der Waals surface area contributed by atoms with E-state index in [-0.39, 0.29) is 12.6 Å². The normalized spacial score (nSPS) is 15.3. The Morgan fingerprint density at radius 2 is 1.97 bits per heavy atom. The van der Waals surface area contributed by atoms with Crippen LogP contribution in [0.3, 0.4) is 0 Å². The summed E-state index contributed by atoms with van der Waals surface area (Å²) in [6, 6.07) is 10.4. The predicted octanol–water partition coefficient (Wildman–Crippen LogP) is 1.60. The van der Waals surface area contributed by atoms with E-state index in [1.807, 2.05) is 24.3 Å². The molecule has 30 heavy (non-hydrogen) atoms. The Bertz CT molecular complexity index is 823. The van der Waals surface area contributed by atoms with Gasteiger partial charge in [0.2, 0.25) is 0 Å². The number of aliphatic hydroxyl groups is 1. The van der Waals surface area contributed by atoms with Crippen molar-refractivity contribution in [2.75, 3.05) is 54.9 Å². The molecule has 7 N–H and O–H groups in total. The zero-order valence-electron chi connectivity index (χ0n) is 17.9. The number of morpholine rings is 1. The summed E-state index contributed by atoms with van der Waals surface area (Å²) in [6.07, 6.45) is -0.578. The molecule has 0 radical (unpaired) electrons. The van der Waals surface area contributed by atoms with E-state index in [4.69, 9.17) is 21.2 Å². The molecule has 2 aromatic rings. The van der Waals surface area contributed by atoms with E-state index < -0.39 is 6.10 Å². The number of ether oxygens (including phenoxy) is 1. The molecular weight excluding hydrogens is 380 g/mol. The number of aromatic nitrogens is 1. The van der Waals surface area contributed by atoms with Gasteiger partial charge in [0.1, 0.15) is 5.82 Å². The summed E-state index contributed by atoms with van der Waals surface area (Å²) in [4.78, 5) is 7.24. The van der Waals surface area contributed by atoms with Crippen LogP contribution in [0.4, 0.5) is 17.2 Å². The Morgan fingerprint density at radius 3 is 2.63 bits per heavy atom. The van der Waals surface area contributed by atoms with E-state index in [1.165, 1.54) is 0 Å². The molecule has 0 amide bonds. The third-order valence-electron chi connectivity index (χ3n) is 5.05. The van der Waals surface area contributed by atoms with Gasteiger partial charge < -0.3 is 36.8 Å². The minimum atomic E-state index is -0.578. The van der Waals surface area contributed by atoms with Crippen molar-refractivity contribution >= 4 is 17.2 Å². The molecule has 1 aliphatic heterocycles. The fraction of sp³-hybridized carbons (Fsp3) is 0.500. The molecule has 164 valence electrons. The molecule has 2 heterocycles. The monoisotopic (exact) mass is 414 g/mol. The summed E-state index contributed by atoms with van der Waals surface area (Å²) >= 11 is 0. The number of nitrogens with zero attached hydrogens (tertiary/aromatic N) is 2. The van der Waals surface area contributed by atoms with Crippen LogP contribution < -0.4 is 27.0 Å². The van der Waals surface area contributed by atoms with E-state index in [0.717, 1.165) is 47.1 Å². The summed E-state index contributed by atoms with van der Waals surface area (Å²) in [5.41, 5.74) is 16.5. The standard InChI is InChI=1S/C22H34N6O2/c1-15(2)26-22-19(13-24)21(28-6-8-30-9-7-28)11-20(27-22)16-4-3-5-17(10-16)25-14-18(29)12-23/h3-5,10-11,15,18,25,29H,6-9,12-14,23-24H2,1-2H3,(H,26,27). The summed E-state index contributed by atoms with van der Waals surface area (Å²) in [5, 5.41) is 16.4. The molecule has 0 saturated carbocycles. The highest BCUT2D eigenvalue weighted by Crippen LogP contribution is 2.33. The third kappa shape index (κ3) is 5.60. The lowest BCUT2D eigenvalue weighted by atomic mass is 10.1. The zero-order chi connectivity index (χ0) is 21.5. The van der Waals surface area contributed by atoms with Crippen LogP contribution in [0.1, 0.15) is 19.4 Å². The maximum absolute atomic E-state index is 9.73.